The molecule has 5 saturated heterocycles. The molecule has 7 heteroatoms. The molecule has 5 heterocycles. The fourth-order valence-corrected chi connectivity index (χ4v) is 14.2. The van der Waals surface area contributed by atoms with Crippen molar-refractivity contribution >= 4 is 11.8 Å². The Morgan fingerprint density at radius 1 is 0.356 bits per heavy atom. The molecule has 0 bridgehead atoms. The van der Waals surface area contributed by atoms with Crippen LogP contribution in [-0.4, -0.2) is 127 Å². The average molecular weight is 1060 g/mol. The zero-order chi connectivity index (χ0) is 53.2. The average Bonchev–Trinajstić information content (AvgIpc) is 3.89. The van der Waals surface area contributed by atoms with E-state index >= 15 is 0 Å². The molecule has 5 aliphatic heterocycles. The van der Waals surface area contributed by atoms with E-state index in [0.717, 1.165) is 49.5 Å². The molecule has 6 fully saturated rings. The normalized spacial score (nSPS) is 27.1. The summed E-state index contributed by atoms with van der Waals surface area (Å²) in [6.45, 7) is 74.4. The molecule has 0 radical (unpaired) electrons. The summed E-state index contributed by atoms with van der Waals surface area (Å²) in [5.41, 5.74) is 3.59. The third-order valence-electron chi connectivity index (χ3n) is 16.3. The fourth-order valence-electron chi connectivity index (χ4n) is 12.4. The van der Waals surface area contributed by atoms with Crippen LogP contribution in [0.15, 0.2) is 0 Å². The maximum absolute atomic E-state index is 5.55. The lowest BCUT2D eigenvalue weighted by Crippen LogP contribution is -2.61. The van der Waals surface area contributed by atoms with Crippen LogP contribution >= 0.6 is 11.8 Å². The number of hydrogen-bond acceptors (Lipinski definition) is 7. The molecule has 0 aromatic carbocycles. The van der Waals surface area contributed by atoms with E-state index in [4.69, 9.17) is 4.74 Å². The second-order valence-corrected chi connectivity index (χ2v) is 33.8. The van der Waals surface area contributed by atoms with Crippen molar-refractivity contribution in [3.05, 3.63) is 0 Å². The van der Waals surface area contributed by atoms with Crippen molar-refractivity contribution in [1.82, 2.24) is 24.5 Å². The Balaban J connectivity index is -0.000000402. The van der Waals surface area contributed by atoms with E-state index in [1.165, 1.54) is 76.1 Å². The summed E-state index contributed by atoms with van der Waals surface area (Å²) in [4.78, 5) is 13.3. The van der Waals surface area contributed by atoms with Gasteiger partial charge in [-0.05, 0) is 182 Å². The van der Waals surface area contributed by atoms with Crippen LogP contribution in [0.25, 0.3) is 0 Å². The van der Waals surface area contributed by atoms with Crippen molar-refractivity contribution in [3.8, 4) is 0 Å². The molecule has 446 valence electrons. The summed E-state index contributed by atoms with van der Waals surface area (Å²) in [7, 11) is 0. The second kappa shape index (κ2) is 29.0. The first-order valence-corrected chi connectivity index (χ1v) is 29.3. The molecule has 7 unspecified atom stereocenters. The monoisotopic (exact) mass is 1060 g/mol. The van der Waals surface area contributed by atoms with Gasteiger partial charge in [0.1, 0.15) is 0 Å². The van der Waals surface area contributed by atoms with Crippen molar-refractivity contribution < 1.29 is 4.74 Å². The molecule has 6 rings (SSSR count). The molecule has 6 aliphatic rings. The van der Waals surface area contributed by atoms with Gasteiger partial charge < -0.3 is 4.74 Å². The molecule has 0 aromatic heterocycles. The number of fused-ring (bicyclic) bond motifs is 1. The van der Waals surface area contributed by atoms with Gasteiger partial charge in [0.05, 0.1) is 13.3 Å². The largest absolute Gasteiger partial charge is 0.364 e. The smallest absolute Gasteiger partial charge is 0.0998 e. The molecule has 0 N–H and O–H groups in total. The van der Waals surface area contributed by atoms with Crippen molar-refractivity contribution in [1.29, 1.82) is 0 Å². The number of piperidine rings is 1. The van der Waals surface area contributed by atoms with Gasteiger partial charge in [0, 0.05) is 82.1 Å². The van der Waals surface area contributed by atoms with Crippen molar-refractivity contribution in [3.63, 3.8) is 0 Å². The van der Waals surface area contributed by atoms with E-state index in [9.17, 15) is 0 Å². The van der Waals surface area contributed by atoms with Crippen LogP contribution in [-0.2, 0) is 4.74 Å². The Bertz CT molecular complexity index is 1350. The van der Waals surface area contributed by atoms with Gasteiger partial charge in [0.25, 0.3) is 0 Å². The maximum atomic E-state index is 5.55. The SMILES string of the molecule is C.C.C.C.C.CC(C)(C)C1CC2CCCC2N1C(C)(C)C.CC(C)(C)C1CCCCN1C(C)(C)C.CC(C)(C)C1CCN1C(C)(C)C.CC(C)(C)C1COCN1C(C)(C)C.CC(C)(C)C1CSCN1C(C)(C)C. The van der Waals surface area contributed by atoms with Gasteiger partial charge in [-0.2, -0.15) is 0 Å². The van der Waals surface area contributed by atoms with Crippen LogP contribution < -0.4 is 0 Å². The molecule has 0 amide bonds. The molecule has 0 aromatic rings. The molecule has 6 nitrogen and oxygen atoms in total. The number of nitrogens with zero attached hydrogens (tertiary/aromatic N) is 5. The standard InChI is InChI=1S/C15H29N.C13H27N.C11H23NO.C11H23NS.C11H23N.5CH4/c1-14(2,3)13-10-11-8-7-9-12(11)16(13)15(4,5)6;1-12(2,3)11-9-7-8-10-14(11)13(4,5)6;2*1-10(2,3)9-7-13-8-12(9)11(4,5)6;1-10(2,3)9-7-8-12(9)11(4,5)6;;;;;/h11-13H,7-10H2,1-6H3;11H,7-10H2,1-6H3;2*9H,7-8H2,1-6H3;9H,7-8H2,1-6H3;5*1H4. The second-order valence-electron chi connectivity index (χ2n) is 32.8. The third-order valence-corrected chi connectivity index (χ3v) is 17.4. The van der Waals surface area contributed by atoms with E-state index in [-0.39, 0.29) is 42.7 Å². The minimum absolute atomic E-state index is 0. The van der Waals surface area contributed by atoms with Crippen LogP contribution in [0.4, 0.5) is 0 Å². The van der Waals surface area contributed by atoms with Crippen LogP contribution in [0.1, 0.15) is 296 Å². The highest BCUT2D eigenvalue weighted by molar-refractivity contribution is 7.99. The quantitative estimate of drug-likeness (QED) is 0.238. The van der Waals surface area contributed by atoms with Crippen molar-refractivity contribution in [2.75, 3.05) is 38.1 Å². The number of likely N-dealkylation sites (tertiary alicyclic amines) is 3. The number of rotatable bonds is 0. The van der Waals surface area contributed by atoms with Gasteiger partial charge in [-0.15, -0.1) is 11.8 Å². The predicted octanol–water partition coefficient (Wildman–Crippen LogP) is 19.5. The van der Waals surface area contributed by atoms with Crippen LogP contribution in [0.2, 0.25) is 0 Å². The summed E-state index contributed by atoms with van der Waals surface area (Å²) in [5.74, 6) is 3.48. The highest BCUT2D eigenvalue weighted by Gasteiger charge is 2.51. The first-order valence-electron chi connectivity index (χ1n) is 28.1. The molecule has 7 atom stereocenters. The molecule has 1 saturated carbocycles. The van der Waals surface area contributed by atoms with Crippen molar-refractivity contribution in [2.24, 2.45) is 33.0 Å². The summed E-state index contributed by atoms with van der Waals surface area (Å²) in [6.07, 6.45) is 11.3. The molecular formula is C66H145N5OS. The van der Waals surface area contributed by atoms with Gasteiger partial charge >= 0.3 is 0 Å². The van der Waals surface area contributed by atoms with Gasteiger partial charge in [-0.3, -0.25) is 24.5 Å². The summed E-state index contributed by atoms with van der Waals surface area (Å²) >= 11 is 2.07. The first-order chi connectivity index (χ1) is 30.1. The topological polar surface area (TPSA) is 25.4 Å². The lowest BCUT2D eigenvalue weighted by atomic mass is 9.76. The Morgan fingerprint density at radius 2 is 0.753 bits per heavy atom. The van der Waals surface area contributed by atoms with E-state index in [0.29, 0.717) is 55.3 Å². The maximum Gasteiger partial charge on any atom is 0.0998 e. The van der Waals surface area contributed by atoms with Gasteiger partial charge in [0.2, 0.25) is 0 Å². The Morgan fingerprint density at radius 3 is 1.05 bits per heavy atom. The van der Waals surface area contributed by atoms with E-state index < -0.39 is 0 Å². The minimum Gasteiger partial charge on any atom is -0.364 e. The van der Waals surface area contributed by atoms with Crippen LogP contribution in [0.3, 0.4) is 0 Å². The van der Waals surface area contributed by atoms with Gasteiger partial charge in [-0.1, -0.05) is 154 Å². The highest BCUT2D eigenvalue weighted by atomic mass is 32.2. The molecule has 0 spiro atoms. The van der Waals surface area contributed by atoms with Crippen LogP contribution in [0, 0.1) is 33.0 Å². The Kier molecular flexibility index (Phi) is 31.6. The third kappa shape index (κ3) is 23.8. The Labute approximate surface area is 470 Å². The van der Waals surface area contributed by atoms with Gasteiger partial charge in [-0.25, -0.2) is 0 Å². The summed E-state index contributed by atoms with van der Waals surface area (Å²) in [5, 5.41) is 0. The zero-order valence-electron chi connectivity index (χ0n) is 52.0. The summed E-state index contributed by atoms with van der Waals surface area (Å²) in [6, 6.07) is 4.49. The van der Waals surface area contributed by atoms with E-state index in [2.05, 4.69) is 244 Å². The van der Waals surface area contributed by atoms with E-state index in [1.54, 1.807) is 0 Å². The van der Waals surface area contributed by atoms with Gasteiger partial charge in [0.15, 0.2) is 0 Å². The highest BCUT2D eigenvalue weighted by Crippen LogP contribution is 2.49. The molecule has 1 aliphatic carbocycles. The number of ether oxygens (including phenoxy) is 1. The van der Waals surface area contributed by atoms with Crippen LogP contribution in [0.5, 0.6) is 0 Å². The Hall–Kier alpha value is 0.110. The zero-order valence-corrected chi connectivity index (χ0v) is 52.8. The lowest BCUT2D eigenvalue weighted by Gasteiger charge is -2.55. The fraction of sp³-hybridized carbons (Fsp3) is 1.00. The number of hydrogen-bond donors (Lipinski definition) is 0. The van der Waals surface area contributed by atoms with E-state index in [1.807, 2.05) is 0 Å². The molecular weight excluding hydrogens is 911 g/mol. The first kappa shape index (κ1) is 79.6. The molecule has 73 heavy (non-hydrogen) atoms. The minimum atomic E-state index is 0. The van der Waals surface area contributed by atoms with Crippen molar-refractivity contribution in [2.45, 2.75) is 360 Å². The summed E-state index contributed by atoms with van der Waals surface area (Å²) < 4.78 is 5.55. The predicted molar refractivity (Wildman–Crippen MR) is 340 cm³/mol. The number of thioether (sulfide) groups is 1. The lowest BCUT2D eigenvalue weighted by molar-refractivity contribution is -0.0530.